The summed E-state index contributed by atoms with van der Waals surface area (Å²) in [4.78, 5) is 22.2. The summed E-state index contributed by atoms with van der Waals surface area (Å²) in [6.07, 6.45) is 1.50. The van der Waals surface area contributed by atoms with Gasteiger partial charge in [0.2, 0.25) is 0 Å². The maximum Gasteiger partial charge on any atom is 0.272 e. The van der Waals surface area contributed by atoms with E-state index in [0.717, 1.165) is 11.3 Å². The van der Waals surface area contributed by atoms with E-state index in [4.69, 9.17) is 4.74 Å². The number of hydrazone groups is 1. The van der Waals surface area contributed by atoms with E-state index in [9.17, 15) is 14.9 Å². The van der Waals surface area contributed by atoms with Gasteiger partial charge in [-0.3, -0.25) is 14.9 Å². The molecule has 7 nitrogen and oxygen atoms in total. The molecule has 1 N–H and O–H groups in total. The van der Waals surface area contributed by atoms with Gasteiger partial charge in [-0.25, -0.2) is 5.43 Å². The van der Waals surface area contributed by atoms with E-state index < -0.39 is 10.8 Å². The lowest BCUT2D eigenvalue weighted by Crippen LogP contribution is -2.17. The second kappa shape index (κ2) is 7.17. The fourth-order valence-corrected chi connectivity index (χ4v) is 1.92. The molecule has 0 atom stereocenters. The third-order valence-corrected chi connectivity index (χ3v) is 3.15. The van der Waals surface area contributed by atoms with Crippen LogP contribution < -0.4 is 10.2 Å². The molecule has 0 heterocycles. The van der Waals surface area contributed by atoms with Gasteiger partial charge in [-0.15, -0.1) is 0 Å². The van der Waals surface area contributed by atoms with E-state index in [1.165, 1.54) is 24.4 Å². The summed E-state index contributed by atoms with van der Waals surface area (Å²) in [5.74, 6) is 0.292. The number of hydrogen-bond acceptors (Lipinski definition) is 5. The molecule has 0 radical (unpaired) electrons. The van der Waals surface area contributed by atoms with Crippen LogP contribution in [0.2, 0.25) is 0 Å². The monoisotopic (exact) mass is 313 g/mol. The van der Waals surface area contributed by atoms with Crippen LogP contribution in [-0.2, 0) is 0 Å². The molecule has 0 aliphatic carbocycles. The highest BCUT2D eigenvalue weighted by Gasteiger charge is 2.13. The fraction of sp³-hybridized carbons (Fsp3) is 0.125. The van der Waals surface area contributed by atoms with Crippen LogP contribution in [0.5, 0.6) is 5.75 Å². The number of carbonyl (C=O) groups excluding carboxylic acids is 1. The molecule has 0 saturated carbocycles. The van der Waals surface area contributed by atoms with Crippen LogP contribution in [0.4, 0.5) is 5.69 Å². The number of hydrogen-bond donors (Lipinski definition) is 1. The molecule has 0 bridgehead atoms. The van der Waals surface area contributed by atoms with Gasteiger partial charge < -0.3 is 4.74 Å². The molecular formula is C16H15N3O4. The number of ether oxygens (including phenoxy) is 1. The molecule has 2 aromatic rings. The largest absolute Gasteiger partial charge is 0.497 e. The fourth-order valence-electron chi connectivity index (χ4n) is 1.92. The van der Waals surface area contributed by atoms with Crippen LogP contribution in [0.25, 0.3) is 0 Å². The number of aryl methyl sites for hydroxylation is 1. The third-order valence-electron chi connectivity index (χ3n) is 3.15. The normalized spacial score (nSPS) is 10.5. The van der Waals surface area contributed by atoms with Gasteiger partial charge in [0, 0.05) is 17.2 Å². The summed E-state index contributed by atoms with van der Waals surface area (Å²) in [5, 5.41) is 14.6. The Labute approximate surface area is 132 Å². The molecular weight excluding hydrogens is 298 g/mol. The number of nitro groups is 1. The van der Waals surface area contributed by atoms with Crippen molar-refractivity contribution in [3.63, 3.8) is 0 Å². The molecule has 1 amide bonds. The average Bonchev–Trinajstić information content (AvgIpc) is 2.55. The first-order chi connectivity index (χ1) is 11.0. The van der Waals surface area contributed by atoms with E-state index in [1.807, 2.05) is 0 Å². The number of amides is 1. The van der Waals surface area contributed by atoms with Crippen LogP contribution >= 0.6 is 0 Å². The van der Waals surface area contributed by atoms with Crippen molar-refractivity contribution < 1.29 is 14.5 Å². The molecule has 0 aliphatic rings. The smallest absolute Gasteiger partial charge is 0.272 e. The molecule has 0 spiro atoms. The first kappa shape index (κ1) is 16.2. The molecule has 7 heteroatoms. The van der Waals surface area contributed by atoms with E-state index in [1.54, 1.807) is 38.3 Å². The Hall–Kier alpha value is -3.22. The summed E-state index contributed by atoms with van der Waals surface area (Å²) in [6, 6.07) is 11.3. The molecule has 2 aromatic carbocycles. The quantitative estimate of drug-likeness (QED) is 0.521. The van der Waals surface area contributed by atoms with Gasteiger partial charge in [-0.2, -0.15) is 5.10 Å². The highest BCUT2D eigenvalue weighted by molar-refractivity contribution is 5.95. The second-order valence-electron chi connectivity index (χ2n) is 4.73. The second-order valence-corrected chi connectivity index (χ2v) is 4.73. The lowest BCUT2D eigenvalue weighted by atomic mass is 10.1. The molecule has 0 saturated heterocycles. The van der Waals surface area contributed by atoms with E-state index in [-0.39, 0.29) is 5.69 Å². The van der Waals surface area contributed by atoms with Crippen molar-refractivity contribution in [3.05, 3.63) is 69.3 Å². The minimum atomic E-state index is -0.487. The number of benzene rings is 2. The van der Waals surface area contributed by atoms with E-state index in [0.29, 0.717) is 11.1 Å². The molecule has 23 heavy (non-hydrogen) atoms. The van der Waals surface area contributed by atoms with Crippen molar-refractivity contribution in [2.24, 2.45) is 5.10 Å². The number of nitro benzene ring substituents is 1. The summed E-state index contributed by atoms with van der Waals surface area (Å²) in [7, 11) is 1.58. The van der Waals surface area contributed by atoms with Gasteiger partial charge >= 0.3 is 0 Å². The maximum atomic E-state index is 12.0. The Bertz CT molecular complexity index is 754. The van der Waals surface area contributed by atoms with Crippen molar-refractivity contribution in [2.45, 2.75) is 6.92 Å². The van der Waals surface area contributed by atoms with E-state index in [2.05, 4.69) is 10.5 Å². The van der Waals surface area contributed by atoms with Crippen molar-refractivity contribution in [3.8, 4) is 5.75 Å². The Kier molecular flexibility index (Phi) is 5.03. The van der Waals surface area contributed by atoms with Gasteiger partial charge in [0.15, 0.2) is 0 Å². The Morgan fingerprint density at radius 2 is 1.96 bits per heavy atom. The Balaban J connectivity index is 2.02. The number of nitrogens with one attached hydrogen (secondary N) is 1. The van der Waals surface area contributed by atoms with Crippen molar-refractivity contribution in [1.82, 2.24) is 5.43 Å². The van der Waals surface area contributed by atoms with Gasteiger partial charge in [0.1, 0.15) is 5.75 Å². The highest BCUT2D eigenvalue weighted by Crippen LogP contribution is 2.18. The summed E-state index contributed by atoms with van der Waals surface area (Å²) < 4.78 is 5.05. The number of methoxy groups -OCH3 is 1. The van der Waals surface area contributed by atoms with Gasteiger partial charge in [0.05, 0.1) is 18.2 Å². The lowest BCUT2D eigenvalue weighted by molar-refractivity contribution is -0.385. The molecule has 0 fully saturated rings. The van der Waals surface area contributed by atoms with Crippen LogP contribution in [0.15, 0.2) is 47.6 Å². The van der Waals surface area contributed by atoms with Crippen LogP contribution in [0.1, 0.15) is 21.5 Å². The van der Waals surface area contributed by atoms with Gasteiger partial charge in [0.25, 0.3) is 11.6 Å². The SMILES string of the molecule is COc1ccc(/C=N/NC(=O)c2ccc([N+](=O)[O-])c(C)c2)cc1. The maximum absolute atomic E-state index is 12.0. The Morgan fingerprint density at radius 1 is 1.26 bits per heavy atom. The molecule has 0 unspecified atom stereocenters. The minimum Gasteiger partial charge on any atom is -0.497 e. The van der Waals surface area contributed by atoms with Crippen LogP contribution in [0.3, 0.4) is 0 Å². The van der Waals surface area contributed by atoms with Crippen molar-refractivity contribution in [1.29, 1.82) is 0 Å². The zero-order valence-electron chi connectivity index (χ0n) is 12.6. The molecule has 0 aromatic heterocycles. The highest BCUT2D eigenvalue weighted by atomic mass is 16.6. The zero-order chi connectivity index (χ0) is 16.8. The van der Waals surface area contributed by atoms with Crippen molar-refractivity contribution >= 4 is 17.8 Å². The molecule has 118 valence electrons. The summed E-state index contributed by atoms with van der Waals surface area (Å²) in [5.41, 5.74) is 3.88. The molecule has 2 rings (SSSR count). The third kappa shape index (κ3) is 4.13. The van der Waals surface area contributed by atoms with Gasteiger partial charge in [-0.1, -0.05) is 0 Å². The molecule has 0 aliphatic heterocycles. The lowest BCUT2D eigenvalue weighted by Gasteiger charge is -2.02. The first-order valence-electron chi connectivity index (χ1n) is 6.74. The summed E-state index contributed by atoms with van der Waals surface area (Å²) >= 11 is 0. The number of rotatable bonds is 5. The first-order valence-corrected chi connectivity index (χ1v) is 6.74. The average molecular weight is 313 g/mol. The van der Waals surface area contributed by atoms with Crippen LogP contribution in [0, 0.1) is 17.0 Å². The zero-order valence-corrected chi connectivity index (χ0v) is 12.6. The standard InChI is InChI=1S/C16H15N3O4/c1-11-9-13(5-8-15(11)19(21)22)16(20)18-17-10-12-3-6-14(23-2)7-4-12/h3-10H,1-2H3,(H,18,20)/b17-10+. The number of carbonyl (C=O) groups is 1. The van der Waals surface area contributed by atoms with Crippen LogP contribution in [-0.4, -0.2) is 24.2 Å². The minimum absolute atomic E-state index is 0.0247. The predicted molar refractivity (Wildman–Crippen MR) is 85.9 cm³/mol. The van der Waals surface area contributed by atoms with Crippen molar-refractivity contribution in [2.75, 3.05) is 7.11 Å². The predicted octanol–water partition coefficient (Wildman–Crippen LogP) is 2.68. The summed E-state index contributed by atoms with van der Waals surface area (Å²) in [6.45, 7) is 1.58. The van der Waals surface area contributed by atoms with E-state index >= 15 is 0 Å². The van der Waals surface area contributed by atoms with Gasteiger partial charge in [-0.05, 0) is 48.9 Å². The topological polar surface area (TPSA) is 93.8 Å². The Morgan fingerprint density at radius 3 is 2.52 bits per heavy atom. The number of nitrogens with zero attached hydrogens (tertiary/aromatic N) is 2.